The molecule has 3 heteroatoms. The van der Waals surface area contributed by atoms with Crippen LogP contribution in [0.5, 0.6) is 0 Å². The third-order valence-electron chi connectivity index (χ3n) is 13.5. The number of esters is 1. The number of fused-ring (bicyclic) bond motifs is 5. The van der Waals surface area contributed by atoms with Gasteiger partial charge in [-0.1, -0.05) is 34.6 Å². The van der Waals surface area contributed by atoms with E-state index in [0.29, 0.717) is 46.0 Å². The smallest absolute Gasteiger partial charge is 0.306 e. The number of ether oxygens (including phenoxy) is 2. The van der Waals surface area contributed by atoms with Crippen LogP contribution < -0.4 is 0 Å². The molecular formula is C30H48O3. The van der Waals surface area contributed by atoms with Crippen LogP contribution in [0, 0.1) is 50.7 Å². The monoisotopic (exact) mass is 456 g/mol. The molecule has 0 radical (unpaired) electrons. The summed E-state index contributed by atoms with van der Waals surface area (Å²) in [7, 11) is 0. The predicted octanol–water partition coefficient (Wildman–Crippen LogP) is 7.17. The zero-order valence-electron chi connectivity index (χ0n) is 22.4. The molecule has 2 bridgehead atoms. The molecule has 0 amide bonds. The van der Waals surface area contributed by atoms with Gasteiger partial charge < -0.3 is 9.47 Å². The Hall–Kier alpha value is -0.570. The molecule has 0 N–H and O–H groups in total. The Balaban J connectivity index is 1.40. The van der Waals surface area contributed by atoms with Gasteiger partial charge in [0, 0.05) is 12.3 Å². The maximum Gasteiger partial charge on any atom is 0.306 e. The Morgan fingerprint density at radius 2 is 1.48 bits per heavy atom. The van der Waals surface area contributed by atoms with Crippen molar-refractivity contribution in [1.29, 1.82) is 0 Å². The lowest BCUT2D eigenvalue weighted by Crippen LogP contribution is -2.66. The van der Waals surface area contributed by atoms with E-state index in [2.05, 4.69) is 48.5 Å². The fraction of sp³-hybridized carbons (Fsp3) is 0.967. The Bertz CT molecular complexity index is 861. The summed E-state index contributed by atoms with van der Waals surface area (Å²) in [5, 5.41) is 0. The molecule has 2 heterocycles. The normalized spacial score (nSPS) is 56.5. The van der Waals surface area contributed by atoms with Crippen molar-refractivity contribution in [2.45, 2.75) is 124 Å². The van der Waals surface area contributed by atoms with Crippen LogP contribution in [0.4, 0.5) is 0 Å². The number of hydrogen-bond acceptors (Lipinski definition) is 3. The van der Waals surface area contributed by atoms with Gasteiger partial charge in [-0.25, -0.2) is 0 Å². The molecule has 4 aliphatic carbocycles. The minimum absolute atomic E-state index is 0.0231. The van der Waals surface area contributed by atoms with E-state index in [-0.39, 0.29) is 17.0 Å². The van der Waals surface area contributed by atoms with Crippen LogP contribution in [-0.4, -0.2) is 24.3 Å². The highest BCUT2D eigenvalue weighted by molar-refractivity contribution is 5.70. The Morgan fingerprint density at radius 3 is 2.24 bits per heavy atom. The van der Waals surface area contributed by atoms with E-state index in [4.69, 9.17) is 9.47 Å². The first kappa shape index (κ1) is 22.9. The van der Waals surface area contributed by atoms with E-state index < -0.39 is 0 Å². The zero-order valence-corrected chi connectivity index (χ0v) is 22.4. The highest BCUT2D eigenvalue weighted by Crippen LogP contribution is 2.77. The lowest BCUT2D eigenvalue weighted by molar-refractivity contribution is -0.239. The quantitative estimate of drug-likeness (QED) is 0.362. The summed E-state index contributed by atoms with van der Waals surface area (Å²) in [5.41, 5.74) is 1.32. The second kappa shape index (κ2) is 6.60. The molecule has 33 heavy (non-hydrogen) atoms. The third-order valence-corrected chi connectivity index (χ3v) is 13.5. The molecule has 186 valence electrons. The van der Waals surface area contributed by atoms with E-state index in [9.17, 15) is 4.79 Å². The molecule has 6 aliphatic rings. The Morgan fingerprint density at radius 1 is 0.758 bits per heavy atom. The fourth-order valence-corrected chi connectivity index (χ4v) is 11.6. The summed E-state index contributed by atoms with van der Waals surface area (Å²) in [6, 6.07) is 0. The highest BCUT2D eigenvalue weighted by Gasteiger charge is 2.72. The van der Waals surface area contributed by atoms with Gasteiger partial charge in [0.15, 0.2) is 0 Å². The summed E-state index contributed by atoms with van der Waals surface area (Å²) < 4.78 is 12.8. The second-order valence-electron chi connectivity index (χ2n) is 15.4. The predicted molar refractivity (Wildman–Crippen MR) is 131 cm³/mol. The number of carbonyl (C=O) groups excluding carboxylic acids is 1. The maximum absolute atomic E-state index is 12.6. The minimum atomic E-state index is -0.349. The number of cyclic esters (lactones) is 1. The lowest BCUT2D eigenvalue weighted by atomic mass is 9.32. The molecule has 6 fully saturated rings. The van der Waals surface area contributed by atoms with Gasteiger partial charge in [0.2, 0.25) is 0 Å². The van der Waals surface area contributed by atoms with Gasteiger partial charge >= 0.3 is 5.97 Å². The van der Waals surface area contributed by atoms with Crippen LogP contribution in [0.1, 0.15) is 113 Å². The summed E-state index contributed by atoms with van der Waals surface area (Å²) in [4.78, 5) is 12.6. The minimum Gasteiger partial charge on any atom is -0.459 e. The first-order valence-electron chi connectivity index (χ1n) is 14.1. The molecule has 3 nitrogen and oxygen atoms in total. The standard InChI is InChI=1S/C30H48O3/c1-25(2)14-16-30-17-15-28(6)19(23(30)24(25)32-18-30)8-9-21-27(5)12-11-22(31)33-26(3,4)20(27)10-13-29(21,28)7/h19-21,23-24H,8-18H2,1-7H3/t19-,20+,21-,23+,24-,27-,28-,29+,30+/m1/s1. The van der Waals surface area contributed by atoms with E-state index in [1.807, 2.05) is 0 Å². The van der Waals surface area contributed by atoms with E-state index in [0.717, 1.165) is 24.9 Å². The van der Waals surface area contributed by atoms with Gasteiger partial charge in [0.1, 0.15) is 5.60 Å². The highest BCUT2D eigenvalue weighted by atomic mass is 16.6. The van der Waals surface area contributed by atoms with Crippen molar-refractivity contribution >= 4 is 5.97 Å². The molecule has 2 aliphatic heterocycles. The molecule has 6 rings (SSSR count). The molecule has 0 aromatic heterocycles. The number of hydrogen-bond donors (Lipinski definition) is 0. The van der Waals surface area contributed by atoms with E-state index in [1.165, 1.54) is 51.4 Å². The van der Waals surface area contributed by atoms with Crippen LogP contribution in [-0.2, 0) is 14.3 Å². The lowest BCUT2D eigenvalue weighted by Gasteiger charge is -2.72. The maximum atomic E-state index is 12.6. The molecule has 0 aromatic rings. The van der Waals surface area contributed by atoms with Gasteiger partial charge in [0.25, 0.3) is 0 Å². The average molecular weight is 457 g/mol. The van der Waals surface area contributed by atoms with Crippen LogP contribution in [0.25, 0.3) is 0 Å². The van der Waals surface area contributed by atoms with Crippen molar-refractivity contribution in [3.63, 3.8) is 0 Å². The van der Waals surface area contributed by atoms with Gasteiger partial charge in [-0.05, 0) is 116 Å². The van der Waals surface area contributed by atoms with Crippen molar-refractivity contribution in [2.75, 3.05) is 6.61 Å². The van der Waals surface area contributed by atoms with Gasteiger partial charge in [-0.3, -0.25) is 4.79 Å². The average Bonchev–Trinajstić information content (AvgIpc) is 3.01. The topological polar surface area (TPSA) is 35.5 Å². The van der Waals surface area contributed by atoms with E-state index >= 15 is 0 Å². The largest absolute Gasteiger partial charge is 0.459 e. The van der Waals surface area contributed by atoms with Crippen molar-refractivity contribution in [3.8, 4) is 0 Å². The van der Waals surface area contributed by atoms with Gasteiger partial charge in [-0.15, -0.1) is 0 Å². The number of carbonyl (C=O) groups is 1. The molecule has 0 spiro atoms. The third kappa shape index (κ3) is 2.70. The fourth-order valence-electron chi connectivity index (χ4n) is 11.6. The molecule has 4 saturated carbocycles. The van der Waals surface area contributed by atoms with Crippen LogP contribution in [0.15, 0.2) is 0 Å². The van der Waals surface area contributed by atoms with E-state index in [1.54, 1.807) is 0 Å². The SMILES string of the molecule is CC1(C)CC[C@@]23CC[C@]4(C)[C@H](CC[C@@H]5[C@]6(C)CCC(=O)OC(C)(C)[C@@H]6CC[C@@]54C)[C@H]2[C@H]1OC3. The Kier molecular flexibility index (Phi) is 4.57. The molecular weight excluding hydrogens is 408 g/mol. The molecule has 9 atom stereocenters. The second-order valence-corrected chi connectivity index (χ2v) is 15.4. The summed E-state index contributed by atoms with van der Waals surface area (Å²) in [6.07, 6.45) is 12.7. The van der Waals surface area contributed by atoms with Crippen molar-refractivity contribution in [1.82, 2.24) is 0 Å². The van der Waals surface area contributed by atoms with Gasteiger partial charge in [0.05, 0.1) is 12.7 Å². The van der Waals surface area contributed by atoms with Crippen molar-refractivity contribution < 1.29 is 14.3 Å². The van der Waals surface area contributed by atoms with Crippen LogP contribution >= 0.6 is 0 Å². The van der Waals surface area contributed by atoms with Crippen molar-refractivity contribution in [3.05, 3.63) is 0 Å². The molecule has 2 saturated heterocycles. The van der Waals surface area contributed by atoms with Crippen LogP contribution in [0.2, 0.25) is 0 Å². The first-order valence-corrected chi connectivity index (χ1v) is 14.1. The Labute approximate surface area is 202 Å². The van der Waals surface area contributed by atoms with Crippen LogP contribution in [0.3, 0.4) is 0 Å². The zero-order chi connectivity index (χ0) is 23.7. The van der Waals surface area contributed by atoms with Crippen molar-refractivity contribution in [2.24, 2.45) is 50.7 Å². The number of rotatable bonds is 0. The first-order chi connectivity index (χ1) is 15.3. The summed E-state index contributed by atoms with van der Waals surface area (Å²) in [5.74, 6) is 2.71. The summed E-state index contributed by atoms with van der Waals surface area (Å²) in [6.45, 7) is 18.3. The van der Waals surface area contributed by atoms with Gasteiger partial charge in [-0.2, -0.15) is 0 Å². The molecule has 0 unspecified atom stereocenters. The summed E-state index contributed by atoms with van der Waals surface area (Å²) >= 11 is 0. The molecule has 0 aromatic carbocycles.